The van der Waals surface area contributed by atoms with Gasteiger partial charge in [-0.2, -0.15) is 15.4 Å². The van der Waals surface area contributed by atoms with E-state index in [4.69, 9.17) is 0 Å². The molecule has 2 aromatic rings. The number of amides is 2. The molecule has 1 fully saturated rings. The lowest BCUT2D eigenvalue weighted by Gasteiger charge is -2.37. The van der Waals surface area contributed by atoms with Crippen LogP contribution < -0.4 is 5.32 Å². The molecule has 2 aliphatic rings. The summed E-state index contributed by atoms with van der Waals surface area (Å²) in [6, 6.07) is 8.52. The second-order valence-corrected chi connectivity index (χ2v) is 8.97. The Morgan fingerprint density at radius 2 is 2.03 bits per heavy atom. The topological polar surface area (TPSA) is 91.0 Å². The summed E-state index contributed by atoms with van der Waals surface area (Å²) in [5, 5.41) is 13.5. The van der Waals surface area contributed by atoms with Crippen molar-refractivity contribution in [2.75, 3.05) is 13.1 Å². The number of H-pyrrole nitrogens is 1. The highest BCUT2D eigenvalue weighted by Crippen LogP contribution is 2.43. The van der Waals surface area contributed by atoms with Crippen LogP contribution in [0.1, 0.15) is 72.8 Å². The molecule has 29 heavy (non-hydrogen) atoms. The van der Waals surface area contributed by atoms with Crippen molar-refractivity contribution in [1.82, 2.24) is 25.6 Å². The first-order valence-corrected chi connectivity index (χ1v) is 10.4. The summed E-state index contributed by atoms with van der Waals surface area (Å²) in [5.41, 5.74) is 3.79. The number of fused-ring (bicyclic) bond motifs is 1. The van der Waals surface area contributed by atoms with Gasteiger partial charge in [-0.3, -0.25) is 9.59 Å². The van der Waals surface area contributed by atoms with Crippen molar-refractivity contribution in [2.24, 2.45) is 0 Å². The minimum Gasteiger partial charge on any atom is -0.352 e. The second kappa shape index (κ2) is 7.61. The van der Waals surface area contributed by atoms with Crippen molar-refractivity contribution in [2.45, 2.75) is 63.8 Å². The van der Waals surface area contributed by atoms with Crippen LogP contribution in [0.25, 0.3) is 0 Å². The van der Waals surface area contributed by atoms with Gasteiger partial charge in [0.25, 0.3) is 5.91 Å². The molecule has 4 rings (SSSR count). The van der Waals surface area contributed by atoms with Gasteiger partial charge in [-0.1, -0.05) is 38.1 Å². The highest BCUT2D eigenvalue weighted by molar-refractivity contribution is 5.93. The lowest BCUT2D eigenvalue weighted by molar-refractivity contribution is -0.122. The molecule has 2 heterocycles. The number of benzene rings is 1. The van der Waals surface area contributed by atoms with Crippen molar-refractivity contribution < 1.29 is 9.59 Å². The molecule has 0 spiro atoms. The van der Waals surface area contributed by atoms with Gasteiger partial charge in [-0.25, -0.2) is 0 Å². The third-order valence-corrected chi connectivity index (χ3v) is 6.44. The van der Waals surface area contributed by atoms with Gasteiger partial charge >= 0.3 is 0 Å². The molecule has 1 aliphatic heterocycles. The quantitative estimate of drug-likeness (QED) is 0.833. The van der Waals surface area contributed by atoms with Crippen LogP contribution in [-0.2, 0) is 10.2 Å². The molecule has 2 amide bonds. The average Bonchev–Trinajstić information content (AvgIpc) is 3.33. The summed E-state index contributed by atoms with van der Waals surface area (Å²) in [4.78, 5) is 27.1. The van der Waals surface area contributed by atoms with Crippen LogP contribution in [0, 0.1) is 6.92 Å². The summed E-state index contributed by atoms with van der Waals surface area (Å²) in [7, 11) is 0. The third-order valence-electron chi connectivity index (χ3n) is 6.44. The van der Waals surface area contributed by atoms with Crippen molar-refractivity contribution >= 4 is 11.8 Å². The first-order chi connectivity index (χ1) is 13.8. The average molecular weight is 396 g/mol. The third kappa shape index (κ3) is 3.91. The Morgan fingerprint density at radius 3 is 2.79 bits per heavy atom. The minimum absolute atomic E-state index is 0.00562. The van der Waals surface area contributed by atoms with Crippen LogP contribution in [0.2, 0.25) is 0 Å². The summed E-state index contributed by atoms with van der Waals surface area (Å²) in [6.45, 7) is 7.46. The predicted octanol–water partition coefficient (Wildman–Crippen LogP) is 2.69. The molecular weight excluding hydrogens is 366 g/mol. The summed E-state index contributed by atoms with van der Waals surface area (Å²) >= 11 is 0. The number of rotatable bonds is 4. The van der Waals surface area contributed by atoms with Crippen molar-refractivity contribution in [1.29, 1.82) is 0 Å². The van der Waals surface area contributed by atoms with E-state index in [2.05, 4.69) is 58.8 Å². The van der Waals surface area contributed by atoms with Gasteiger partial charge in [0, 0.05) is 25.6 Å². The Balaban J connectivity index is 1.35. The maximum atomic E-state index is 12.8. The predicted molar refractivity (Wildman–Crippen MR) is 110 cm³/mol. The lowest BCUT2D eigenvalue weighted by atomic mass is 9.68. The molecule has 154 valence electrons. The fourth-order valence-corrected chi connectivity index (χ4v) is 4.72. The van der Waals surface area contributed by atoms with Crippen molar-refractivity contribution in [3.05, 3.63) is 46.8 Å². The molecule has 1 saturated heterocycles. The van der Waals surface area contributed by atoms with Crippen LogP contribution in [0.15, 0.2) is 24.3 Å². The maximum absolute atomic E-state index is 12.8. The number of hydrogen-bond donors (Lipinski definition) is 2. The molecule has 2 atom stereocenters. The number of carbonyl (C=O) groups is 2. The van der Waals surface area contributed by atoms with E-state index in [-0.39, 0.29) is 29.2 Å². The molecule has 7 nitrogen and oxygen atoms in total. The van der Waals surface area contributed by atoms with E-state index in [1.165, 1.54) is 11.1 Å². The van der Waals surface area contributed by atoms with Gasteiger partial charge in [0.15, 0.2) is 5.69 Å². The van der Waals surface area contributed by atoms with Gasteiger partial charge in [0.1, 0.15) is 0 Å². The fraction of sp³-hybridized carbons (Fsp3) is 0.545. The Hall–Kier alpha value is -2.70. The van der Waals surface area contributed by atoms with Crippen LogP contribution >= 0.6 is 0 Å². The SMILES string of the molecule is Cc1n[nH]nc1C(=O)N1CC[C@@H](NC(=O)CC2CCC(C)(C)c3ccccc32)C1. The van der Waals surface area contributed by atoms with Crippen molar-refractivity contribution in [3.8, 4) is 0 Å². The Labute approximate surface area is 171 Å². The molecule has 0 radical (unpaired) electrons. The highest BCUT2D eigenvalue weighted by Gasteiger charge is 2.34. The van der Waals surface area contributed by atoms with Gasteiger partial charge in [-0.15, -0.1) is 0 Å². The van der Waals surface area contributed by atoms with Crippen LogP contribution in [0.4, 0.5) is 0 Å². The van der Waals surface area contributed by atoms with Crippen LogP contribution in [-0.4, -0.2) is 51.3 Å². The fourth-order valence-electron chi connectivity index (χ4n) is 4.72. The molecule has 1 aliphatic carbocycles. The summed E-state index contributed by atoms with van der Waals surface area (Å²) in [5.74, 6) is 0.203. The molecule has 0 bridgehead atoms. The largest absolute Gasteiger partial charge is 0.352 e. The number of nitrogens with one attached hydrogen (secondary N) is 2. The van der Waals surface area contributed by atoms with Gasteiger partial charge in [0.05, 0.1) is 5.69 Å². The van der Waals surface area contributed by atoms with Gasteiger partial charge in [-0.05, 0) is 48.6 Å². The van der Waals surface area contributed by atoms with Gasteiger partial charge < -0.3 is 10.2 Å². The van der Waals surface area contributed by atoms with E-state index in [0.717, 1.165) is 19.3 Å². The lowest BCUT2D eigenvalue weighted by Crippen LogP contribution is -2.39. The Morgan fingerprint density at radius 1 is 1.24 bits per heavy atom. The number of nitrogens with zero attached hydrogens (tertiary/aromatic N) is 3. The number of aromatic nitrogens is 3. The van der Waals surface area contributed by atoms with Crippen LogP contribution in [0.5, 0.6) is 0 Å². The number of aryl methyl sites for hydroxylation is 1. The first kappa shape index (κ1) is 19.6. The number of carbonyl (C=O) groups excluding carboxylic acids is 2. The Bertz CT molecular complexity index is 919. The van der Waals surface area contributed by atoms with E-state index in [9.17, 15) is 9.59 Å². The summed E-state index contributed by atoms with van der Waals surface area (Å²) in [6.07, 6.45) is 3.38. The van der Waals surface area contributed by atoms with Gasteiger partial charge in [0.2, 0.25) is 5.91 Å². The first-order valence-electron chi connectivity index (χ1n) is 10.4. The number of aromatic amines is 1. The molecule has 1 aromatic carbocycles. The van der Waals surface area contributed by atoms with E-state index < -0.39 is 0 Å². The van der Waals surface area contributed by atoms with E-state index in [0.29, 0.717) is 30.9 Å². The normalized spacial score (nSPS) is 22.9. The monoisotopic (exact) mass is 395 g/mol. The molecule has 1 aromatic heterocycles. The maximum Gasteiger partial charge on any atom is 0.276 e. The number of likely N-dealkylation sites (tertiary alicyclic amines) is 1. The molecule has 2 N–H and O–H groups in total. The Kier molecular flexibility index (Phi) is 5.15. The van der Waals surface area contributed by atoms with E-state index >= 15 is 0 Å². The van der Waals surface area contributed by atoms with Crippen molar-refractivity contribution in [3.63, 3.8) is 0 Å². The van der Waals surface area contributed by atoms with Crippen LogP contribution in [0.3, 0.4) is 0 Å². The zero-order valence-electron chi connectivity index (χ0n) is 17.4. The zero-order valence-corrected chi connectivity index (χ0v) is 17.4. The smallest absolute Gasteiger partial charge is 0.276 e. The summed E-state index contributed by atoms with van der Waals surface area (Å²) < 4.78 is 0. The standard InChI is InChI=1S/C22H29N5O2/c1-14-20(25-26-24-14)21(29)27-11-9-16(13-27)23-19(28)12-15-8-10-22(2,3)18-7-5-4-6-17(15)18/h4-7,15-16H,8-13H2,1-3H3,(H,23,28)(H,24,25,26)/t15?,16-/m1/s1. The highest BCUT2D eigenvalue weighted by atomic mass is 16.2. The van der Waals surface area contributed by atoms with E-state index in [1.54, 1.807) is 11.8 Å². The molecule has 7 heteroatoms. The molecule has 0 saturated carbocycles. The van der Waals surface area contributed by atoms with E-state index in [1.807, 2.05) is 0 Å². The molecule has 1 unspecified atom stereocenters. The second-order valence-electron chi connectivity index (χ2n) is 8.97. The minimum atomic E-state index is -0.128. The number of hydrogen-bond acceptors (Lipinski definition) is 4. The zero-order chi connectivity index (χ0) is 20.6. The molecular formula is C22H29N5O2.